The number of halogens is 1. The Hall–Kier alpha value is -2.34. The average molecular weight is 392 g/mol. The first-order valence-electron chi connectivity index (χ1n) is 7.48. The third kappa shape index (κ3) is 6.04. The number of hydrogen-bond acceptors (Lipinski definition) is 4. The van der Waals surface area contributed by atoms with E-state index in [0.29, 0.717) is 11.4 Å². The second-order valence-electron chi connectivity index (χ2n) is 5.04. The summed E-state index contributed by atoms with van der Waals surface area (Å²) in [6.07, 6.45) is -0.807. The summed E-state index contributed by atoms with van der Waals surface area (Å²) in [7, 11) is 0. The Morgan fingerprint density at radius 3 is 2.58 bits per heavy atom. The minimum Gasteiger partial charge on any atom is -0.493 e. The standard InChI is InChI=1S/C18H18BrNO4/c1-13(18(22)20-15-7-3-2-4-8-15)24-17(21)10-11-23-16-9-5-6-14(19)12-16/h2-9,12-13H,10-11H2,1H3,(H,20,22)/t13-/m0/s1. The summed E-state index contributed by atoms with van der Waals surface area (Å²) in [5, 5.41) is 2.68. The smallest absolute Gasteiger partial charge is 0.310 e. The van der Waals surface area contributed by atoms with Gasteiger partial charge in [-0.3, -0.25) is 9.59 Å². The quantitative estimate of drug-likeness (QED) is 0.729. The van der Waals surface area contributed by atoms with Crippen molar-refractivity contribution >= 4 is 33.5 Å². The molecule has 0 saturated heterocycles. The van der Waals surface area contributed by atoms with E-state index in [1.807, 2.05) is 30.3 Å². The predicted molar refractivity (Wildman–Crippen MR) is 94.9 cm³/mol. The maximum atomic E-state index is 12.0. The number of esters is 1. The van der Waals surface area contributed by atoms with Gasteiger partial charge in [0.2, 0.25) is 0 Å². The normalized spacial score (nSPS) is 11.4. The van der Waals surface area contributed by atoms with Crippen LogP contribution in [0, 0.1) is 0 Å². The minimum atomic E-state index is -0.872. The van der Waals surface area contributed by atoms with Crippen molar-refractivity contribution < 1.29 is 19.1 Å². The molecular weight excluding hydrogens is 374 g/mol. The van der Waals surface area contributed by atoms with Crippen LogP contribution in [0.2, 0.25) is 0 Å². The van der Waals surface area contributed by atoms with Gasteiger partial charge in [0, 0.05) is 10.2 Å². The van der Waals surface area contributed by atoms with Gasteiger partial charge in [0.15, 0.2) is 6.10 Å². The van der Waals surface area contributed by atoms with Crippen LogP contribution >= 0.6 is 15.9 Å². The number of rotatable bonds is 7. The lowest BCUT2D eigenvalue weighted by atomic mass is 10.3. The number of para-hydroxylation sites is 1. The number of ether oxygens (including phenoxy) is 2. The van der Waals surface area contributed by atoms with Crippen LogP contribution in [0.3, 0.4) is 0 Å². The molecule has 1 atom stereocenters. The number of hydrogen-bond donors (Lipinski definition) is 1. The first-order chi connectivity index (χ1) is 11.5. The molecule has 0 saturated carbocycles. The van der Waals surface area contributed by atoms with Crippen molar-refractivity contribution in [1.29, 1.82) is 0 Å². The van der Waals surface area contributed by atoms with E-state index >= 15 is 0 Å². The van der Waals surface area contributed by atoms with Crippen LogP contribution in [0.1, 0.15) is 13.3 Å². The van der Waals surface area contributed by atoms with E-state index in [9.17, 15) is 9.59 Å². The second kappa shape index (κ2) is 9.08. The summed E-state index contributed by atoms with van der Waals surface area (Å²) in [6.45, 7) is 1.72. The summed E-state index contributed by atoms with van der Waals surface area (Å²) in [5.74, 6) is -0.199. The van der Waals surface area contributed by atoms with Crippen LogP contribution in [0.4, 0.5) is 5.69 Å². The molecule has 0 radical (unpaired) electrons. The van der Waals surface area contributed by atoms with Crippen LogP contribution < -0.4 is 10.1 Å². The Morgan fingerprint density at radius 1 is 1.12 bits per heavy atom. The fourth-order valence-electron chi connectivity index (χ4n) is 1.88. The first kappa shape index (κ1) is 18.0. The van der Waals surface area contributed by atoms with E-state index in [0.717, 1.165) is 4.47 Å². The van der Waals surface area contributed by atoms with Crippen LogP contribution in [-0.4, -0.2) is 24.6 Å². The number of benzene rings is 2. The zero-order valence-electron chi connectivity index (χ0n) is 13.2. The van der Waals surface area contributed by atoms with E-state index in [2.05, 4.69) is 21.2 Å². The third-order valence-corrected chi connectivity index (χ3v) is 3.58. The van der Waals surface area contributed by atoms with Crippen LogP contribution in [0.25, 0.3) is 0 Å². The summed E-state index contributed by atoms with van der Waals surface area (Å²) in [4.78, 5) is 23.7. The molecule has 0 spiro atoms. The van der Waals surface area contributed by atoms with Gasteiger partial charge in [-0.05, 0) is 37.3 Å². The zero-order chi connectivity index (χ0) is 17.4. The maximum Gasteiger partial charge on any atom is 0.310 e. The summed E-state index contributed by atoms with van der Waals surface area (Å²) in [6, 6.07) is 16.3. The van der Waals surface area contributed by atoms with Crippen LogP contribution in [0.15, 0.2) is 59.1 Å². The van der Waals surface area contributed by atoms with Crippen molar-refractivity contribution in [2.45, 2.75) is 19.4 Å². The topological polar surface area (TPSA) is 64.6 Å². The van der Waals surface area contributed by atoms with E-state index in [4.69, 9.17) is 9.47 Å². The number of nitrogens with one attached hydrogen (secondary N) is 1. The van der Waals surface area contributed by atoms with Gasteiger partial charge in [-0.1, -0.05) is 40.2 Å². The highest BCUT2D eigenvalue weighted by atomic mass is 79.9. The summed E-state index contributed by atoms with van der Waals surface area (Å²) < 4.78 is 11.5. The Balaban J connectivity index is 1.72. The van der Waals surface area contributed by atoms with Gasteiger partial charge in [0.1, 0.15) is 5.75 Å². The molecular formula is C18H18BrNO4. The number of amides is 1. The third-order valence-electron chi connectivity index (χ3n) is 3.09. The minimum absolute atomic E-state index is 0.0650. The van der Waals surface area contributed by atoms with Crippen molar-refractivity contribution in [3.8, 4) is 5.75 Å². The number of anilines is 1. The van der Waals surface area contributed by atoms with E-state index < -0.39 is 12.1 Å². The van der Waals surface area contributed by atoms with Gasteiger partial charge < -0.3 is 14.8 Å². The van der Waals surface area contributed by atoms with Gasteiger partial charge in [-0.25, -0.2) is 0 Å². The lowest BCUT2D eigenvalue weighted by Crippen LogP contribution is -2.30. The summed E-state index contributed by atoms with van der Waals surface area (Å²) >= 11 is 3.34. The molecule has 0 aliphatic heterocycles. The molecule has 2 aromatic carbocycles. The molecule has 126 valence electrons. The molecule has 0 aliphatic rings. The second-order valence-corrected chi connectivity index (χ2v) is 5.96. The lowest BCUT2D eigenvalue weighted by molar-refractivity contribution is -0.153. The fourth-order valence-corrected chi connectivity index (χ4v) is 2.26. The zero-order valence-corrected chi connectivity index (χ0v) is 14.8. The molecule has 0 aromatic heterocycles. The molecule has 1 amide bonds. The molecule has 5 nitrogen and oxygen atoms in total. The highest BCUT2D eigenvalue weighted by molar-refractivity contribution is 9.10. The first-order valence-corrected chi connectivity index (χ1v) is 8.27. The largest absolute Gasteiger partial charge is 0.493 e. The Labute approximate surface area is 149 Å². The summed E-state index contributed by atoms with van der Waals surface area (Å²) in [5.41, 5.74) is 0.656. The van der Waals surface area contributed by atoms with Gasteiger partial charge in [-0.15, -0.1) is 0 Å². The Morgan fingerprint density at radius 2 is 1.88 bits per heavy atom. The molecule has 6 heteroatoms. The van der Waals surface area contributed by atoms with Crippen molar-refractivity contribution in [2.75, 3.05) is 11.9 Å². The lowest BCUT2D eigenvalue weighted by Gasteiger charge is -2.13. The monoisotopic (exact) mass is 391 g/mol. The van der Waals surface area contributed by atoms with E-state index in [1.165, 1.54) is 6.92 Å². The number of carbonyl (C=O) groups is 2. The molecule has 24 heavy (non-hydrogen) atoms. The molecule has 0 heterocycles. The molecule has 0 fully saturated rings. The molecule has 2 aromatic rings. The Bertz CT molecular complexity index is 690. The van der Waals surface area contributed by atoms with Gasteiger partial charge >= 0.3 is 5.97 Å². The molecule has 0 aliphatic carbocycles. The van der Waals surface area contributed by atoms with E-state index in [1.54, 1.807) is 24.3 Å². The van der Waals surface area contributed by atoms with Crippen molar-refractivity contribution in [1.82, 2.24) is 0 Å². The molecule has 0 bridgehead atoms. The average Bonchev–Trinajstić information content (AvgIpc) is 2.55. The van der Waals surface area contributed by atoms with Gasteiger partial charge in [0.05, 0.1) is 13.0 Å². The van der Waals surface area contributed by atoms with E-state index in [-0.39, 0.29) is 18.9 Å². The molecule has 0 unspecified atom stereocenters. The predicted octanol–water partition coefficient (Wildman–Crippen LogP) is 3.79. The molecule has 1 N–H and O–H groups in total. The van der Waals surface area contributed by atoms with Crippen LogP contribution in [-0.2, 0) is 14.3 Å². The van der Waals surface area contributed by atoms with Crippen LogP contribution in [0.5, 0.6) is 5.75 Å². The van der Waals surface area contributed by atoms with Gasteiger partial charge in [0.25, 0.3) is 5.91 Å². The SMILES string of the molecule is C[C@H](OC(=O)CCOc1cccc(Br)c1)C(=O)Nc1ccccc1. The maximum absolute atomic E-state index is 12.0. The Kier molecular flexibility index (Phi) is 6.81. The van der Waals surface area contributed by atoms with Crippen molar-refractivity contribution in [3.05, 3.63) is 59.1 Å². The number of carbonyl (C=O) groups excluding carboxylic acids is 2. The molecule has 2 rings (SSSR count). The highest BCUT2D eigenvalue weighted by Gasteiger charge is 2.17. The van der Waals surface area contributed by atoms with Crippen molar-refractivity contribution in [2.24, 2.45) is 0 Å². The van der Waals surface area contributed by atoms with Crippen molar-refractivity contribution in [3.63, 3.8) is 0 Å². The highest BCUT2D eigenvalue weighted by Crippen LogP contribution is 2.17. The van der Waals surface area contributed by atoms with Gasteiger partial charge in [-0.2, -0.15) is 0 Å². The fraction of sp³-hybridized carbons (Fsp3) is 0.222.